The Bertz CT molecular complexity index is 1010. The standard InChI is InChI=1S/C22H17NO2S/c1-14-11-12-19(15(2)13-14)26-20-10-6-5-9-18(20)23-21(24)16-7-3-4-8-17(16)22(23)25/h3-13H,1-2H3. The van der Waals surface area contributed by atoms with Crippen molar-refractivity contribution in [1.82, 2.24) is 0 Å². The van der Waals surface area contributed by atoms with Crippen LogP contribution in [-0.4, -0.2) is 11.8 Å². The van der Waals surface area contributed by atoms with E-state index < -0.39 is 0 Å². The molecule has 128 valence electrons. The third-order valence-corrected chi connectivity index (χ3v) is 5.69. The van der Waals surface area contributed by atoms with Crippen molar-refractivity contribution in [2.45, 2.75) is 23.6 Å². The van der Waals surface area contributed by atoms with E-state index in [9.17, 15) is 9.59 Å². The second-order valence-corrected chi connectivity index (χ2v) is 7.41. The number of rotatable bonds is 3. The number of amides is 2. The van der Waals surface area contributed by atoms with Crippen LogP contribution in [0.2, 0.25) is 0 Å². The average molecular weight is 359 g/mol. The Morgan fingerprint density at radius 1 is 0.731 bits per heavy atom. The molecule has 3 aromatic rings. The molecule has 0 unspecified atom stereocenters. The van der Waals surface area contributed by atoms with Crippen molar-refractivity contribution in [2.75, 3.05) is 4.90 Å². The monoisotopic (exact) mass is 359 g/mol. The quantitative estimate of drug-likeness (QED) is 0.599. The van der Waals surface area contributed by atoms with Gasteiger partial charge in [-0.05, 0) is 49.7 Å². The lowest BCUT2D eigenvalue weighted by Crippen LogP contribution is -2.29. The molecule has 3 aromatic carbocycles. The summed E-state index contributed by atoms with van der Waals surface area (Å²) >= 11 is 1.57. The third-order valence-electron chi connectivity index (χ3n) is 4.45. The van der Waals surface area contributed by atoms with Gasteiger partial charge in [0, 0.05) is 9.79 Å². The predicted molar refractivity (Wildman–Crippen MR) is 104 cm³/mol. The lowest BCUT2D eigenvalue weighted by atomic mass is 10.1. The number of benzene rings is 3. The Morgan fingerprint density at radius 2 is 1.35 bits per heavy atom. The van der Waals surface area contributed by atoms with E-state index in [1.807, 2.05) is 24.3 Å². The Labute approximate surface area is 156 Å². The molecule has 0 aliphatic carbocycles. The van der Waals surface area contributed by atoms with Gasteiger partial charge in [0.1, 0.15) is 0 Å². The lowest BCUT2D eigenvalue weighted by molar-refractivity contribution is 0.0925. The van der Waals surface area contributed by atoms with Gasteiger partial charge in [0.05, 0.1) is 16.8 Å². The molecule has 0 aromatic heterocycles. The van der Waals surface area contributed by atoms with Crippen LogP contribution in [0.4, 0.5) is 5.69 Å². The minimum atomic E-state index is -0.265. The molecule has 0 spiro atoms. The highest BCUT2D eigenvalue weighted by molar-refractivity contribution is 7.99. The van der Waals surface area contributed by atoms with E-state index in [1.54, 1.807) is 36.0 Å². The van der Waals surface area contributed by atoms with Crippen molar-refractivity contribution in [3.63, 3.8) is 0 Å². The average Bonchev–Trinajstić information content (AvgIpc) is 2.89. The summed E-state index contributed by atoms with van der Waals surface area (Å²) in [6, 6.07) is 20.8. The summed E-state index contributed by atoms with van der Waals surface area (Å²) in [4.78, 5) is 28.9. The van der Waals surface area contributed by atoms with E-state index in [2.05, 4.69) is 32.0 Å². The molecular formula is C22H17NO2S. The first kappa shape index (κ1) is 16.6. The maximum Gasteiger partial charge on any atom is 0.266 e. The Kier molecular flexibility index (Phi) is 4.13. The van der Waals surface area contributed by atoms with Gasteiger partial charge in [-0.25, -0.2) is 4.90 Å². The molecule has 0 atom stereocenters. The molecule has 3 nitrogen and oxygen atoms in total. The minimum Gasteiger partial charge on any atom is -0.268 e. The molecule has 0 bridgehead atoms. The van der Waals surface area contributed by atoms with Gasteiger partial charge in [-0.3, -0.25) is 9.59 Å². The summed E-state index contributed by atoms with van der Waals surface area (Å²) in [5.41, 5.74) is 3.93. The maximum atomic E-state index is 12.8. The summed E-state index contributed by atoms with van der Waals surface area (Å²) in [6.07, 6.45) is 0. The van der Waals surface area contributed by atoms with Crippen molar-refractivity contribution in [2.24, 2.45) is 0 Å². The summed E-state index contributed by atoms with van der Waals surface area (Å²) in [7, 11) is 0. The van der Waals surface area contributed by atoms with Gasteiger partial charge in [0.2, 0.25) is 0 Å². The van der Waals surface area contributed by atoms with Gasteiger partial charge >= 0.3 is 0 Å². The molecular weight excluding hydrogens is 342 g/mol. The number of fused-ring (bicyclic) bond motifs is 1. The summed E-state index contributed by atoms with van der Waals surface area (Å²) < 4.78 is 0. The van der Waals surface area contributed by atoms with Gasteiger partial charge in [-0.15, -0.1) is 0 Å². The van der Waals surface area contributed by atoms with Crippen LogP contribution in [-0.2, 0) is 0 Å². The number of anilines is 1. The number of aryl methyl sites for hydroxylation is 2. The number of hydrogen-bond acceptors (Lipinski definition) is 3. The predicted octanol–water partition coefficient (Wildman–Crippen LogP) is 5.26. The number of carbonyl (C=O) groups excluding carboxylic acids is 2. The number of hydrogen-bond donors (Lipinski definition) is 0. The summed E-state index contributed by atoms with van der Waals surface area (Å²) in [5.74, 6) is -0.529. The van der Waals surface area contributed by atoms with Gasteiger partial charge < -0.3 is 0 Å². The molecule has 0 saturated heterocycles. The molecule has 0 saturated carbocycles. The molecule has 0 radical (unpaired) electrons. The van der Waals surface area contributed by atoms with E-state index in [0.717, 1.165) is 9.79 Å². The fourth-order valence-corrected chi connectivity index (χ4v) is 4.17. The zero-order valence-electron chi connectivity index (χ0n) is 14.5. The highest BCUT2D eigenvalue weighted by Crippen LogP contribution is 2.39. The van der Waals surface area contributed by atoms with E-state index >= 15 is 0 Å². The van der Waals surface area contributed by atoms with Crippen LogP contribution in [0.15, 0.2) is 76.5 Å². The van der Waals surface area contributed by atoms with Crippen LogP contribution in [0, 0.1) is 13.8 Å². The molecule has 1 aliphatic heterocycles. The van der Waals surface area contributed by atoms with Crippen molar-refractivity contribution in [1.29, 1.82) is 0 Å². The molecule has 26 heavy (non-hydrogen) atoms. The Balaban J connectivity index is 1.76. The molecule has 1 aliphatic rings. The highest BCUT2D eigenvalue weighted by Gasteiger charge is 2.37. The van der Waals surface area contributed by atoms with Gasteiger partial charge in [0.25, 0.3) is 11.8 Å². The van der Waals surface area contributed by atoms with Gasteiger partial charge in [-0.1, -0.05) is 53.7 Å². The van der Waals surface area contributed by atoms with Gasteiger partial charge in [0.15, 0.2) is 0 Å². The molecule has 0 N–H and O–H groups in total. The van der Waals surface area contributed by atoms with Gasteiger partial charge in [-0.2, -0.15) is 0 Å². The van der Waals surface area contributed by atoms with E-state index in [-0.39, 0.29) is 11.8 Å². The van der Waals surface area contributed by atoms with Crippen molar-refractivity contribution in [3.05, 3.63) is 89.0 Å². The normalized spacial score (nSPS) is 13.2. The van der Waals surface area contributed by atoms with Crippen molar-refractivity contribution in [3.8, 4) is 0 Å². The Morgan fingerprint density at radius 3 is 2.00 bits per heavy atom. The van der Waals surface area contributed by atoms with Crippen LogP contribution in [0.25, 0.3) is 0 Å². The smallest absolute Gasteiger partial charge is 0.266 e. The maximum absolute atomic E-state index is 12.8. The lowest BCUT2D eigenvalue weighted by Gasteiger charge is -2.18. The molecule has 2 amide bonds. The fraction of sp³-hybridized carbons (Fsp3) is 0.0909. The van der Waals surface area contributed by atoms with E-state index in [4.69, 9.17) is 0 Å². The highest BCUT2D eigenvalue weighted by atomic mass is 32.2. The van der Waals surface area contributed by atoms with Crippen LogP contribution >= 0.6 is 11.8 Å². The molecule has 4 rings (SSSR count). The zero-order chi connectivity index (χ0) is 18.3. The fourth-order valence-electron chi connectivity index (χ4n) is 3.17. The number of carbonyl (C=O) groups is 2. The Hall–Kier alpha value is -2.85. The number of para-hydroxylation sites is 1. The number of imide groups is 1. The van der Waals surface area contributed by atoms with Crippen LogP contribution < -0.4 is 4.90 Å². The molecule has 1 heterocycles. The first-order valence-electron chi connectivity index (χ1n) is 8.38. The SMILES string of the molecule is Cc1ccc(Sc2ccccc2N2C(=O)c3ccccc3C2=O)c(C)c1. The second-order valence-electron chi connectivity index (χ2n) is 6.33. The third kappa shape index (κ3) is 2.72. The summed E-state index contributed by atoms with van der Waals surface area (Å²) in [5, 5.41) is 0. The first-order chi connectivity index (χ1) is 12.6. The van der Waals surface area contributed by atoms with Crippen LogP contribution in [0.5, 0.6) is 0 Å². The summed E-state index contributed by atoms with van der Waals surface area (Å²) in [6.45, 7) is 4.13. The van der Waals surface area contributed by atoms with Crippen LogP contribution in [0.3, 0.4) is 0 Å². The van der Waals surface area contributed by atoms with Crippen molar-refractivity contribution < 1.29 is 9.59 Å². The van der Waals surface area contributed by atoms with E-state index in [0.29, 0.717) is 16.8 Å². The molecule has 4 heteroatoms. The van der Waals surface area contributed by atoms with Crippen molar-refractivity contribution >= 4 is 29.3 Å². The molecule has 0 fully saturated rings. The first-order valence-corrected chi connectivity index (χ1v) is 9.20. The minimum absolute atomic E-state index is 0.265. The zero-order valence-corrected chi connectivity index (χ0v) is 15.3. The van der Waals surface area contributed by atoms with E-state index in [1.165, 1.54) is 16.0 Å². The number of nitrogens with zero attached hydrogens (tertiary/aromatic N) is 1. The van der Waals surface area contributed by atoms with Crippen LogP contribution in [0.1, 0.15) is 31.8 Å². The topological polar surface area (TPSA) is 37.4 Å². The second kappa shape index (κ2) is 6.46. The largest absolute Gasteiger partial charge is 0.268 e.